The zero-order chi connectivity index (χ0) is 21.6. The first kappa shape index (κ1) is 24.0. The van der Waals surface area contributed by atoms with Gasteiger partial charge >= 0.3 is 6.09 Å². The number of rotatable bonds is 7. The number of ether oxygens (including phenoxy) is 2. The molecule has 0 atom stereocenters. The Kier molecular flexibility index (Phi) is 8.09. The smallest absolute Gasteiger partial charge is 0.407 e. The van der Waals surface area contributed by atoms with E-state index in [1.807, 2.05) is 20.8 Å². The minimum Gasteiger partial charge on any atom is -0.489 e. The molecule has 0 aliphatic heterocycles. The third-order valence-electron chi connectivity index (χ3n) is 4.51. The average Bonchev–Trinajstić information content (AvgIpc) is 2.54. The highest BCUT2D eigenvalue weighted by atomic mass is 28.4. The lowest BCUT2D eigenvalue weighted by Crippen LogP contribution is -2.41. The molecular weight excluding hydrogens is 372 g/mol. The number of alkyl carbamates (subject to hydrolysis) is 1. The molecule has 0 aliphatic rings. The number of hydrogen-bond acceptors (Lipinski definition) is 5. The van der Waals surface area contributed by atoms with Gasteiger partial charge in [0.1, 0.15) is 23.7 Å². The summed E-state index contributed by atoms with van der Waals surface area (Å²) < 4.78 is 17.2. The lowest BCUT2D eigenvalue weighted by atomic mass is 10.2. The van der Waals surface area contributed by atoms with Crippen molar-refractivity contribution in [3.05, 3.63) is 23.5 Å². The molecule has 28 heavy (non-hydrogen) atoms. The molecule has 156 valence electrons. The molecular formula is C21H34N2O4Si. The molecule has 1 N–H and O–H groups in total. The number of carbonyl (C=O) groups excluding carboxylic acids is 1. The van der Waals surface area contributed by atoms with Gasteiger partial charge in [-0.15, -0.1) is 6.42 Å². The third-order valence-corrected chi connectivity index (χ3v) is 9.04. The second-order valence-electron chi connectivity index (χ2n) is 9.13. The lowest BCUT2D eigenvalue weighted by Gasteiger charge is -2.36. The van der Waals surface area contributed by atoms with Crippen molar-refractivity contribution in [2.24, 2.45) is 0 Å². The quantitative estimate of drug-likeness (QED) is 0.410. The lowest BCUT2D eigenvalue weighted by molar-refractivity contribution is 0.0522. The molecule has 1 aromatic heterocycles. The van der Waals surface area contributed by atoms with Crippen LogP contribution in [0, 0.1) is 12.3 Å². The van der Waals surface area contributed by atoms with Crippen LogP contribution < -0.4 is 10.1 Å². The van der Waals surface area contributed by atoms with Gasteiger partial charge in [-0.05, 0) is 45.0 Å². The number of pyridine rings is 1. The predicted molar refractivity (Wildman–Crippen MR) is 114 cm³/mol. The number of terminal acetylenes is 1. The number of aromatic nitrogens is 1. The van der Waals surface area contributed by atoms with Crippen LogP contribution in [0.4, 0.5) is 4.79 Å². The highest BCUT2D eigenvalue weighted by molar-refractivity contribution is 6.74. The number of nitrogens with zero attached hydrogens (tertiary/aromatic N) is 1. The van der Waals surface area contributed by atoms with E-state index < -0.39 is 20.0 Å². The van der Waals surface area contributed by atoms with Gasteiger partial charge in [0.2, 0.25) is 0 Å². The third kappa shape index (κ3) is 7.91. The van der Waals surface area contributed by atoms with E-state index in [0.29, 0.717) is 30.2 Å². The van der Waals surface area contributed by atoms with E-state index in [9.17, 15) is 4.79 Å². The molecule has 6 nitrogen and oxygen atoms in total. The number of amides is 1. The Morgan fingerprint density at radius 2 is 1.86 bits per heavy atom. The maximum absolute atomic E-state index is 11.9. The zero-order valence-corrected chi connectivity index (χ0v) is 19.4. The molecule has 0 radical (unpaired) electrons. The first-order chi connectivity index (χ1) is 12.7. The molecule has 0 saturated carbocycles. The first-order valence-electron chi connectivity index (χ1n) is 9.44. The van der Waals surface area contributed by atoms with Crippen molar-refractivity contribution in [3.63, 3.8) is 0 Å². The van der Waals surface area contributed by atoms with Gasteiger partial charge in [-0.2, -0.15) is 0 Å². The molecule has 0 spiro atoms. The second kappa shape index (κ2) is 9.44. The Morgan fingerprint density at radius 3 is 2.39 bits per heavy atom. The van der Waals surface area contributed by atoms with Crippen molar-refractivity contribution in [3.8, 4) is 18.1 Å². The number of carbonyl (C=O) groups is 1. The summed E-state index contributed by atoms with van der Waals surface area (Å²) >= 11 is 0. The molecule has 1 heterocycles. The monoisotopic (exact) mass is 406 g/mol. The van der Waals surface area contributed by atoms with E-state index in [1.165, 1.54) is 0 Å². The molecule has 0 fully saturated rings. The van der Waals surface area contributed by atoms with E-state index >= 15 is 0 Å². The number of nitrogens with one attached hydrogen (secondary N) is 1. The fraction of sp³-hybridized carbons (Fsp3) is 0.619. The highest BCUT2D eigenvalue weighted by Gasteiger charge is 2.36. The first-order valence-corrected chi connectivity index (χ1v) is 12.3. The van der Waals surface area contributed by atoms with Crippen molar-refractivity contribution < 1.29 is 18.7 Å². The molecule has 0 aromatic carbocycles. The van der Waals surface area contributed by atoms with E-state index in [2.05, 4.69) is 50.1 Å². The Balaban J connectivity index is 2.72. The van der Waals surface area contributed by atoms with Crippen LogP contribution in [0.15, 0.2) is 12.3 Å². The summed E-state index contributed by atoms with van der Waals surface area (Å²) in [7, 11) is -1.83. The van der Waals surface area contributed by atoms with E-state index in [0.717, 1.165) is 0 Å². The minimum atomic E-state index is -1.83. The Bertz CT molecular complexity index is 713. The Hall–Kier alpha value is -2.04. The van der Waals surface area contributed by atoms with Gasteiger partial charge in [-0.1, -0.05) is 26.7 Å². The van der Waals surface area contributed by atoms with Gasteiger partial charge in [0.05, 0.1) is 13.2 Å². The van der Waals surface area contributed by atoms with E-state index in [1.54, 1.807) is 12.3 Å². The van der Waals surface area contributed by atoms with Crippen molar-refractivity contribution in [2.75, 3.05) is 13.2 Å². The summed E-state index contributed by atoms with van der Waals surface area (Å²) in [6, 6.07) is 1.74. The minimum absolute atomic E-state index is 0.139. The summed E-state index contributed by atoms with van der Waals surface area (Å²) in [6.07, 6.45) is 6.53. The summed E-state index contributed by atoms with van der Waals surface area (Å²) in [5.74, 6) is 3.08. The maximum atomic E-state index is 11.9. The van der Waals surface area contributed by atoms with E-state index in [-0.39, 0.29) is 11.6 Å². The SMILES string of the molecule is C#Cc1cnc(CNC(=O)OC(C)(C)C)c(OCCO[Si](C)(C)C(C)(C)C)c1. The van der Waals surface area contributed by atoms with Gasteiger partial charge in [0, 0.05) is 11.8 Å². The van der Waals surface area contributed by atoms with Crippen LogP contribution in [-0.2, 0) is 15.7 Å². The molecule has 0 bridgehead atoms. The van der Waals surface area contributed by atoms with Crippen LogP contribution in [0.1, 0.15) is 52.8 Å². The van der Waals surface area contributed by atoms with Gasteiger partial charge in [0.25, 0.3) is 0 Å². The van der Waals surface area contributed by atoms with Crippen molar-refractivity contribution in [1.29, 1.82) is 0 Å². The normalized spacial score (nSPS) is 12.2. The second-order valence-corrected chi connectivity index (χ2v) is 13.9. The topological polar surface area (TPSA) is 69.7 Å². The summed E-state index contributed by atoms with van der Waals surface area (Å²) in [5.41, 5.74) is 0.629. The van der Waals surface area contributed by atoms with Gasteiger partial charge in [-0.3, -0.25) is 4.98 Å². The average molecular weight is 407 g/mol. The van der Waals surface area contributed by atoms with Crippen LogP contribution in [0.3, 0.4) is 0 Å². The Labute approximate surface area is 170 Å². The van der Waals surface area contributed by atoms with Crippen LogP contribution in [0.5, 0.6) is 5.75 Å². The molecule has 0 unspecified atom stereocenters. The van der Waals surface area contributed by atoms with Crippen molar-refractivity contribution in [1.82, 2.24) is 10.3 Å². The van der Waals surface area contributed by atoms with Crippen LogP contribution in [0.25, 0.3) is 0 Å². The predicted octanol–water partition coefficient (Wildman–Crippen LogP) is 4.49. The van der Waals surface area contributed by atoms with Gasteiger partial charge in [0.15, 0.2) is 8.32 Å². The molecule has 0 aliphatic carbocycles. The Morgan fingerprint density at radius 1 is 1.21 bits per heavy atom. The van der Waals surface area contributed by atoms with Crippen LogP contribution in [0.2, 0.25) is 18.1 Å². The zero-order valence-electron chi connectivity index (χ0n) is 18.4. The molecule has 1 rings (SSSR count). The van der Waals surface area contributed by atoms with Crippen molar-refractivity contribution >= 4 is 14.4 Å². The highest BCUT2D eigenvalue weighted by Crippen LogP contribution is 2.36. The molecule has 7 heteroatoms. The standard InChI is InChI=1S/C21H34N2O4Si/c1-10-16-13-18(25-11-12-26-28(8,9)21(5,6)7)17(22-14-16)15-23-19(24)27-20(2,3)4/h1,13-14H,11-12,15H2,2-9H3,(H,23,24). The van der Waals surface area contributed by atoms with Gasteiger partial charge in [-0.25, -0.2) is 4.79 Å². The molecule has 1 aromatic rings. The summed E-state index contributed by atoms with van der Waals surface area (Å²) in [4.78, 5) is 16.2. The fourth-order valence-electron chi connectivity index (χ4n) is 1.94. The molecule has 0 saturated heterocycles. The summed E-state index contributed by atoms with van der Waals surface area (Å²) in [5, 5.41) is 2.83. The number of hydrogen-bond donors (Lipinski definition) is 1. The van der Waals surface area contributed by atoms with Crippen LogP contribution in [-0.4, -0.2) is 38.2 Å². The fourth-order valence-corrected chi connectivity index (χ4v) is 2.97. The van der Waals surface area contributed by atoms with Crippen molar-refractivity contribution in [2.45, 2.75) is 71.8 Å². The summed E-state index contributed by atoms with van der Waals surface area (Å²) in [6.45, 7) is 17.4. The molecule has 1 amide bonds. The maximum Gasteiger partial charge on any atom is 0.407 e. The largest absolute Gasteiger partial charge is 0.489 e. The van der Waals surface area contributed by atoms with Gasteiger partial charge < -0.3 is 19.2 Å². The van der Waals surface area contributed by atoms with Crippen LogP contribution >= 0.6 is 0 Å². The van der Waals surface area contributed by atoms with E-state index in [4.69, 9.17) is 20.3 Å².